The third kappa shape index (κ3) is 1.46. The summed E-state index contributed by atoms with van der Waals surface area (Å²) in [7, 11) is 0. The van der Waals surface area contributed by atoms with Gasteiger partial charge in [-0.25, -0.2) is 13.6 Å². The Morgan fingerprint density at radius 2 is 1.90 bits per heavy atom. The first-order valence-corrected chi connectivity index (χ1v) is 2.00. The Hall–Kier alpha value is -1.07. The van der Waals surface area contributed by atoms with E-state index in [4.69, 9.17) is 5.11 Å². The summed E-state index contributed by atoms with van der Waals surface area (Å²) >= 11 is 0. The maximum Gasteiger partial charge on any atom is 0.395 e. The molecule has 0 aromatic rings. The lowest BCUT2D eigenvalue weighted by atomic mass is 10.3. The van der Waals surface area contributed by atoms with Gasteiger partial charge in [0.15, 0.2) is 0 Å². The van der Waals surface area contributed by atoms with Crippen molar-refractivity contribution < 1.29 is 27.5 Å². The van der Waals surface area contributed by atoms with E-state index in [1.165, 1.54) is 0 Å². The molecule has 2 nitrogen and oxygen atoms in total. The largest absolute Gasteiger partial charge is 0.476 e. The summed E-state index contributed by atoms with van der Waals surface area (Å²) in [6.45, 7) is 0. The molecule has 10 heavy (non-hydrogen) atoms. The van der Waals surface area contributed by atoms with Crippen molar-refractivity contribution in [3.05, 3.63) is 12.2 Å². The van der Waals surface area contributed by atoms with Crippen molar-refractivity contribution in [1.29, 1.82) is 0 Å². The van der Waals surface area contributed by atoms with Crippen LogP contribution in [0.5, 0.6) is 0 Å². The molecule has 0 aliphatic carbocycles. The fraction of sp³-hybridized carbons (Fsp3) is 0.250. The van der Waals surface area contributed by atoms with E-state index in [0.717, 1.165) is 0 Å². The fourth-order valence-electron chi connectivity index (χ4n) is 0.171. The Labute approximate surface area is 52.8 Å². The van der Waals surface area contributed by atoms with Gasteiger partial charge in [-0.05, 0) is 0 Å². The van der Waals surface area contributed by atoms with Crippen molar-refractivity contribution in [3.8, 4) is 0 Å². The molecule has 0 saturated heterocycles. The van der Waals surface area contributed by atoms with Crippen LogP contribution in [-0.2, 0) is 4.79 Å². The zero-order valence-electron chi connectivity index (χ0n) is 4.44. The highest BCUT2D eigenvalue weighted by molar-refractivity contribution is 5.78. The SMILES string of the molecule is O=C(O)C(F)(F)/C(F)=C/F. The van der Waals surface area contributed by atoms with Crippen molar-refractivity contribution in [2.75, 3.05) is 0 Å². The van der Waals surface area contributed by atoms with Crippen LogP contribution in [0.2, 0.25) is 0 Å². The zero-order valence-corrected chi connectivity index (χ0v) is 4.44. The van der Waals surface area contributed by atoms with Crippen molar-refractivity contribution in [2.24, 2.45) is 0 Å². The third-order valence-corrected chi connectivity index (χ3v) is 0.664. The molecule has 0 aliphatic heterocycles. The molecule has 0 unspecified atom stereocenters. The maximum absolute atomic E-state index is 11.7. The molecule has 0 fully saturated rings. The molecule has 0 rings (SSSR count). The molecule has 0 saturated carbocycles. The standard InChI is InChI=1S/C4H2F4O2/c5-1-2(6)4(7,8)3(9)10/h1H,(H,9,10)/b2-1-. The molecule has 0 radical (unpaired) electrons. The second kappa shape index (κ2) is 2.68. The smallest absolute Gasteiger partial charge is 0.395 e. The average molecular weight is 158 g/mol. The Morgan fingerprint density at radius 3 is 2.00 bits per heavy atom. The minimum atomic E-state index is -4.76. The van der Waals surface area contributed by atoms with Crippen LogP contribution in [-0.4, -0.2) is 17.0 Å². The van der Waals surface area contributed by atoms with Gasteiger partial charge in [-0.1, -0.05) is 0 Å². The quantitative estimate of drug-likeness (QED) is 0.618. The highest BCUT2D eigenvalue weighted by atomic mass is 19.3. The van der Waals surface area contributed by atoms with E-state index in [1.54, 1.807) is 0 Å². The lowest BCUT2D eigenvalue weighted by Crippen LogP contribution is -2.28. The van der Waals surface area contributed by atoms with Crippen LogP contribution in [0.25, 0.3) is 0 Å². The molecule has 6 heteroatoms. The number of carbonyl (C=O) groups is 1. The van der Waals surface area contributed by atoms with Gasteiger partial charge in [0.2, 0.25) is 5.83 Å². The second-order valence-electron chi connectivity index (χ2n) is 1.34. The first kappa shape index (κ1) is 8.93. The van der Waals surface area contributed by atoms with Crippen molar-refractivity contribution in [1.82, 2.24) is 0 Å². The summed E-state index contributed by atoms with van der Waals surface area (Å²) in [5, 5.41) is 7.55. The van der Waals surface area contributed by atoms with Crippen molar-refractivity contribution in [3.63, 3.8) is 0 Å². The van der Waals surface area contributed by atoms with Gasteiger partial charge in [-0.15, -0.1) is 0 Å². The summed E-state index contributed by atoms with van der Waals surface area (Å²) in [6.07, 6.45) is -1.09. The Bertz CT molecular complexity index is 174. The van der Waals surface area contributed by atoms with Gasteiger partial charge in [0, 0.05) is 0 Å². The molecular weight excluding hydrogens is 156 g/mol. The second-order valence-corrected chi connectivity index (χ2v) is 1.34. The first-order chi connectivity index (χ1) is 4.42. The number of rotatable bonds is 2. The first-order valence-electron chi connectivity index (χ1n) is 2.00. The summed E-state index contributed by atoms with van der Waals surface area (Å²) in [5.41, 5.74) is 0. The number of aliphatic carboxylic acids is 1. The fourth-order valence-corrected chi connectivity index (χ4v) is 0.171. The number of hydrogen-bond donors (Lipinski definition) is 1. The molecular formula is C4H2F4O2. The van der Waals surface area contributed by atoms with Crippen LogP contribution in [0.3, 0.4) is 0 Å². The molecule has 0 aromatic heterocycles. The van der Waals surface area contributed by atoms with Gasteiger partial charge < -0.3 is 5.11 Å². The molecule has 58 valence electrons. The molecule has 0 amide bonds. The highest BCUT2D eigenvalue weighted by Gasteiger charge is 2.44. The highest BCUT2D eigenvalue weighted by Crippen LogP contribution is 2.25. The minimum absolute atomic E-state index is 1.09. The van der Waals surface area contributed by atoms with Crippen LogP contribution < -0.4 is 0 Å². The van der Waals surface area contributed by atoms with E-state index in [2.05, 4.69) is 0 Å². The summed E-state index contributed by atoms with van der Waals surface area (Å²) in [5.74, 6) is -10.1. The molecule has 1 N–H and O–H groups in total. The van der Waals surface area contributed by atoms with E-state index >= 15 is 0 Å². The predicted molar refractivity (Wildman–Crippen MR) is 22.9 cm³/mol. The average Bonchev–Trinajstić information content (AvgIpc) is 1.86. The minimum Gasteiger partial charge on any atom is -0.476 e. The van der Waals surface area contributed by atoms with Gasteiger partial charge in [-0.3, -0.25) is 0 Å². The lowest BCUT2D eigenvalue weighted by molar-refractivity contribution is -0.161. The van der Waals surface area contributed by atoms with Crippen LogP contribution >= 0.6 is 0 Å². The number of alkyl halides is 2. The number of hydrogen-bond acceptors (Lipinski definition) is 1. The van der Waals surface area contributed by atoms with Crippen molar-refractivity contribution in [2.45, 2.75) is 5.92 Å². The molecule has 0 spiro atoms. The van der Waals surface area contributed by atoms with Crippen LogP contribution in [0.1, 0.15) is 0 Å². The third-order valence-electron chi connectivity index (χ3n) is 0.664. The monoisotopic (exact) mass is 158 g/mol. The topological polar surface area (TPSA) is 37.3 Å². The molecule has 0 heterocycles. The van der Waals surface area contributed by atoms with Crippen molar-refractivity contribution >= 4 is 5.97 Å². The van der Waals surface area contributed by atoms with Crippen LogP contribution in [0.4, 0.5) is 17.6 Å². The Morgan fingerprint density at radius 1 is 1.50 bits per heavy atom. The van der Waals surface area contributed by atoms with E-state index in [-0.39, 0.29) is 0 Å². The van der Waals surface area contributed by atoms with Gasteiger partial charge in [0.1, 0.15) is 6.33 Å². The summed E-state index contributed by atoms with van der Waals surface area (Å²) in [4.78, 5) is 9.42. The number of carboxylic acid groups (broad SMARTS) is 1. The van der Waals surface area contributed by atoms with E-state index < -0.39 is 24.0 Å². The van der Waals surface area contributed by atoms with Crippen LogP contribution in [0, 0.1) is 0 Å². The molecule has 0 bridgehead atoms. The van der Waals surface area contributed by atoms with E-state index in [9.17, 15) is 22.4 Å². The number of carboxylic acids is 1. The molecule has 0 aliphatic rings. The summed E-state index contributed by atoms with van der Waals surface area (Å²) < 4.78 is 45.8. The predicted octanol–water partition coefficient (Wildman–Crippen LogP) is 1.49. The molecule has 0 atom stereocenters. The molecule has 0 aromatic carbocycles. The van der Waals surface area contributed by atoms with Crippen LogP contribution in [0.15, 0.2) is 12.2 Å². The maximum atomic E-state index is 11.7. The lowest BCUT2D eigenvalue weighted by Gasteiger charge is -2.05. The Kier molecular flexibility index (Phi) is 2.39. The van der Waals surface area contributed by atoms with Gasteiger partial charge >= 0.3 is 11.9 Å². The van der Waals surface area contributed by atoms with E-state index in [0.29, 0.717) is 0 Å². The Balaban J connectivity index is 4.56. The zero-order chi connectivity index (χ0) is 8.36. The van der Waals surface area contributed by atoms with Gasteiger partial charge in [-0.2, -0.15) is 8.78 Å². The van der Waals surface area contributed by atoms with Gasteiger partial charge in [0.05, 0.1) is 0 Å². The van der Waals surface area contributed by atoms with Gasteiger partial charge in [0.25, 0.3) is 0 Å². The van der Waals surface area contributed by atoms with E-state index in [1.807, 2.05) is 0 Å². The number of halogens is 4. The summed E-state index contributed by atoms with van der Waals surface area (Å²) in [6, 6.07) is 0. The normalized spacial score (nSPS) is 13.4.